The van der Waals surface area contributed by atoms with E-state index >= 15 is 0 Å². The molecular weight excluding hydrogens is 372 g/mol. The molecule has 1 N–H and O–H groups in total. The van der Waals surface area contributed by atoms with Gasteiger partial charge in [0, 0.05) is 11.3 Å². The highest BCUT2D eigenvalue weighted by atomic mass is 16.4. The Morgan fingerprint density at radius 1 is 1.21 bits per heavy atom. The molecule has 0 bridgehead atoms. The third kappa shape index (κ3) is 3.10. The van der Waals surface area contributed by atoms with Crippen LogP contribution in [0, 0.1) is 0 Å². The third-order valence-corrected chi connectivity index (χ3v) is 5.06. The van der Waals surface area contributed by atoms with Crippen molar-refractivity contribution in [2.45, 2.75) is 31.8 Å². The fraction of sp³-hybridized carbons (Fsp3) is 0.250. The molecule has 0 unspecified atom stereocenters. The Kier molecular flexibility index (Phi) is 4.01. The van der Waals surface area contributed by atoms with Gasteiger partial charge in [-0.3, -0.25) is 9.36 Å². The third-order valence-electron chi connectivity index (χ3n) is 5.06. The quantitative estimate of drug-likeness (QED) is 0.561. The summed E-state index contributed by atoms with van der Waals surface area (Å²) in [5, 5.41) is 14.8. The number of nitrogens with one attached hydrogen (secondary N) is 1. The Hall–Kier alpha value is -3.75. The van der Waals surface area contributed by atoms with E-state index in [2.05, 4.69) is 20.8 Å². The predicted molar refractivity (Wildman–Crippen MR) is 105 cm³/mol. The number of carbonyl (C=O) groups is 1. The zero-order valence-electron chi connectivity index (χ0n) is 15.6. The van der Waals surface area contributed by atoms with Crippen molar-refractivity contribution >= 4 is 22.7 Å². The first-order chi connectivity index (χ1) is 14.1. The van der Waals surface area contributed by atoms with Crippen LogP contribution < -0.4 is 11.1 Å². The second-order valence-corrected chi connectivity index (χ2v) is 7.13. The lowest BCUT2D eigenvalue weighted by molar-refractivity contribution is -0.118. The number of rotatable bonds is 5. The maximum Gasteiger partial charge on any atom is 0.420 e. The summed E-state index contributed by atoms with van der Waals surface area (Å²) >= 11 is 0. The van der Waals surface area contributed by atoms with Crippen molar-refractivity contribution in [3.63, 3.8) is 0 Å². The first-order valence-electron chi connectivity index (χ1n) is 9.41. The second kappa shape index (κ2) is 6.69. The van der Waals surface area contributed by atoms with E-state index in [9.17, 15) is 9.59 Å². The molecule has 9 heteroatoms. The van der Waals surface area contributed by atoms with E-state index in [1.54, 1.807) is 37.3 Å². The van der Waals surface area contributed by atoms with Gasteiger partial charge in [-0.05, 0) is 54.5 Å². The Morgan fingerprint density at radius 3 is 2.86 bits per heavy atom. The molecule has 5 rings (SSSR count). The molecule has 1 aliphatic carbocycles. The maximum atomic E-state index is 12.8. The highest BCUT2D eigenvalue weighted by Crippen LogP contribution is 2.36. The van der Waals surface area contributed by atoms with Crippen molar-refractivity contribution in [3.8, 4) is 11.4 Å². The summed E-state index contributed by atoms with van der Waals surface area (Å²) in [5.41, 5.74) is 2.45. The van der Waals surface area contributed by atoms with Gasteiger partial charge in [0.25, 0.3) is 0 Å². The molecule has 2 aromatic heterocycles. The minimum Gasteiger partial charge on any atom is -0.408 e. The number of tetrazole rings is 1. The molecule has 9 nitrogen and oxygen atoms in total. The van der Waals surface area contributed by atoms with Gasteiger partial charge in [-0.25, -0.2) is 9.48 Å². The molecule has 1 atom stereocenters. The van der Waals surface area contributed by atoms with E-state index in [0.29, 0.717) is 28.7 Å². The fourth-order valence-electron chi connectivity index (χ4n) is 3.40. The van der Waals surface area contributed by atoms with Gasteiger partial charge in [0.2, 0.25) is 5.91 Å². The van der Waals surface area contributed by atoms with Crippen molar-refractivity contribution in [2.24, 2.45) is 0 Å². The minimum absolute atomic E-state index is 0.322. The Balaban J connectivity index is 1.41. The molecule has 0 aliphatic heterocycles. The fourth-order valence-corrected chi connectivity index (χ4v) is 3.40. The van der Waals surface area contributed by atoms with Crippen molar-refractivity contribution in [2.75, 3.05) is 5.32 Å². The first-order valence-corrected chi connectivity index (χ1v) is 9.41. The first kappa shape index (κ1) is 17.4. The normalized spacial score (nSPS) is 14.8. The number of amides is 1. The number of nitrogens with zero attached hydrogens (tertiary/aromatic N) is 5. The molecule has 1 saturated carbocycles. The SMILES string of the molecule is C[C@H](C(=O)Nc1cccc(-c2nnnn2C2CC2)c1)n1c(=O)oc2ccccc21. The van der Waals surface area contributed by atoms with Gasteiger partial charge in [0.15, 0.2) is 11.4 Å². The number of benzene rings is 2. The minimum atomic E-state index is -0.744. The number of carbonyl (C=O) groups excluding carboxylic acids is 1. The highest BCUT2D eigenvalue weighted by Gasteiger charge is 2.28. The smallest absolute Gasteiger partial charge is 0.408 e. The topological polar surface area (TPSA) is 108 Å². The zero-order chi connectivity index (χ0) is 20.0. The average molecular weight is 390 g/mol. The van der Waals surface area contributed by atoms with Crippen LogP contribution in [0.2, 0.25) is 0 Å². The molecule has 146 valence electrons. The molecule has 0 radical (unpaired) electrons. The molecule has 2 heterocycles. The number of para-hydroxylation sites is 2. The van der Waals surface area contributed by atoms with Crippen molar-refractivity contribution in [3.05, 3.63) is 59.1 Å². The van der Waals surface area contributed by atoms with Crippen molar-refractivity contribution in [1.29, 1.82) is 0 Å². The monoisotopic (exact) mass is 390 g/mol. The van der Waals surface area contributed by atoms with Crippen LogP contribution in [-0.2, 0) is 4.79 Å². The van der Waals surface area contributed by atoms with Gasteiger partial charge in [0.05, 0.1) is 11.6 Å². The Morgan fingerprint density at radius 2 is 2.03 bits per heavy atom. The number of aromatic nitrogens is 5. The van der Waals surface area contributed by atoms with Crippen LogP contribution in [0.25, 0.3) is 22.5 Å². The maximum absolute atomic E-state index is 12.8. The van der Waals surface area contributed by atoms with Crippen LogP contribution in [0.4, 0.5) is 5.69 Å². The molecule has 1 fully saturated rings. The summed E-state index contributed by atoms with van der Waals surface area (Å²) in [6, 6.07) is 14.0. The molecule has 0 spiro atoms. The average Bonchev–Trinajstić information content (AvgIpc) is 3.35. The van der Waals surface area contributed by atoms with Gasteiger partial charge in [-0.2, -0.15) is 0 Å². The van der Waals surface area contributed by atoms with E-state index in [1.165, 1.54) is 4.57 Å². The number of hydrogen-bond donors (Lipinski definition) is 1. The predicted octanol–water partition coefficient (Wildman–Crippen LogP) is 2.78. The molecule has 2 aromatic carbocycles. The van der Waals surface area contributed by atoms with E-state index < -0.39 is 11.8 Å². The van der Waals surface area contributed by atoms with Gasteiger partial charge in [-0.1, -0.05) is 24.3 Å². The standard InChI is InChI=1S/C20H18N6O3/c1-12(25-16-7-2-3-8-17(16)29-20(25)28)19(27)21-14-6-4-5-13(11-14)18-22-23-24-26(18)15-9-10-15/h2-8,11-12,15H,9-10H2,1H3,(H,21,27)/t12-/m1/s1. The summed E-state index contributed by atoms with van der Waals surface area (Å²) in [6.45, 7) is 1.66. The summed E-state index contributed by atoms with van der Waals surface area (Å²) in [5.74, 6) is -0.211. The molecule has 1 amide bonds. The van der Waals surface area contributed by atoms with E-state index in [4.69, 9.17) is 4.42 Å². The number of fused-ring (bicyclic) bond motifs is 1. The van der Waals surface area contributed by atoms with Crippen LogP contribution in [-0.4, -0.2) is 30.7 Å². The summed E-state index contributed by atoms with van der Waals surface area (Å²) in [6.07, 6.45) is 2.14. The van der Waals surface area contributed by atoms with E-state index in [-0.39, 0.29) is 5.91 Å². The summed E-state index contributed by atoms with van der Waals surface area (Å²) < 4.78 is 8.40. The molecule has 4 aromatic rings. The number of anilines is 1. The molecule has 29 heavy (non-hydrogen) atoms. The van der Waals surface area contributed by atoms with Crippen LogP contribution in [0.15, 0.2) is 57.7 Å². The Labute approximate surface area is 164 Å². The van der Waals surface area contributed by atoms with Gasteiger partial charge in [0.1, 0.15) is 6.04 Å². The van der Waals surface area contributed by atoms with Gasteiger partial charge < -0.3 is 9.73 Å². The lowest BCUT2D eigenvalue weighted by Crippen LogP contribution is -2.29. The molecule has 0 saturated heterocycles. The number of hydrogen-bond acceptors (Lipinski definition) is 6. The lowest BCUT2D eigenvalue weighted by Gasteiger charge is -2.14. The number of oxazole rings is 1. The summed E-state index contributed by atoms with van der Waals surface area (Å²) in [7, 11) is 0. The van der Waals surface area contributed by atoms with Gasteiger partial charge in [-0.15, -0.1) is 5.10 Å². The second-order valence-electron chi connectivity index (χ2n) is 7.13. The van der Waals surface area contributed by atoms with Crippen LogP contribution in [0.3, 0.4) is 0 Å². The van der Waals surface area contributed by atoms with Crippen LogP contribution in [0.1, 0.15) is 31.8 Å². The summed E-state index contributed by atoms with van der Waals surface area (Å²) in [4.78, 5) is 25.1. The zero-order valence-corrected chi connectivity index (χ0v) is 15.6. The largest absolute Gasteiger partial charge is 0.420 e. The lowest BCUT2D eigenvalue weighted by atomic mass is 10.1. The van der Waals surface area contributed by atoms with Gasteiger partial charge >= 0.3 is 5.76 Å². The van der Waals surface area contributed by atoms with E-state index in [1.807, 2.05) is 22.9 Å². The molecule has 1 aliphatic rings. The Bertz CT molecular complexity index is 1270. The van der Waals surface area contributed by atoms with Crippen LogP contribution in [0.5, 0.6) is 0 Å². The van der Waals surface area contributed by atoms with E-state index in [0.717, 1.165) is 18.4 Å². The van der Waals surface area contributed by atoms with Crippen LogP contribution >= 0.6 is 0 Å². The molecular formula is C20H18N6O3. The highest BCUT2D eigenvalue weighted by molar-refractivity contribution is 5.94. The van der Waals surface area contributed by atoms with Crippen molar-refractivity contribution < 1.29 is 9.21 Å². The van der Waals surface area contributed by atoms with Crippen molar-refractivity contribution in [1.82, 2.24) is 24.8 Å².